The van der Waals surface area contributed by atoms with Crippen molar-refractivity contribution in [2.45, 2.75) is 26.3 Å². The molecule has 86 valence electrons. The summed E-state index contributed by atoms with van der Waals surface area (Å²) in [6.45, 7) is 5.40. The van der Waals surface area contributed by atoms with Gasteiger partial charge in [-0.25, -0.2) is 4.79 Å². The molecule has 4 nitrogen and oxygen atoms in total. The molecule has 0 atom stereocenters. The van der Waals surface area contributed by atoms with Crippen molar-refractivity contribution in [1.82, 2.24) is 0 Å². The number of benzene rings is 1. The van der Waals surface area contributed by atoms with E-state index in [-0.39, 0.29) is 0 Å². The van der Waals surface area contributed by atoms with Crippen LogP contribution in [0.3, 0.4) is 0 Å². The van der Waals surface area contributed by atoms with Gasteiger partial charge in [-0.3, -0.25) is 9.69 Å². The first-order valence-electron chi connectivity index (χ1n) is 4.94. The lowest BCUT2D eigenvalue weighted by Gasteiger charge is -2.33. The summed E-state index contributed by atoms with van der Waals surface area (Å²) in [5.74, 6) is 0. The minimum absolute atomic E-state index is 0.466. The molecule has 0 aromatic heterocycles. The van der Waals surface area contributed by atoms with Crippen LogP contribution in [0.1, 0.15) is 31.1 Å². The van der Waals surface area contributed by atoms with Crippen LogP contribution < -0.4 is 4.90 Å². The maximum atomic E-state index is 11.2. The quantitative estimate of drug-likeness (QED) is 0.781. The van der Waals surface area contributed by atoms with Crippen molar-refractivity contribution in [3.8, 4) is 0 Å². The molecule has 16 heavy (non-hydrogen) atoms. The predicted molar refractivity (Wildman–Crippen MR) is 62.1 cm³/mol. The number of hydrogen-bond acceptors (Lipinski definition) is 2. The van der Waals surface area contributed by atoms with Crippen LogP contribution in [0.2, 0.25) is 0 Å². The van der Waals surface area contributed by atoms with Crippen molar-refractivity contribution in [1.29, 1.82) is 0 Å². The average molecular weight is 221 g/mol. The molecule has 0 fully saturated rings. The lowest BCUT2D eigenvalue weighted by atomic mass is 10.0. The van der Waals surface area contributed by atoms with Crippen molar-refractivity contribution in [3.05, 3.63) is 29.8 Å². The van der Waals surface area contributed by atoms with E-state index in [1.807, 2.05) is 0 Å². The Bertz CT molecular complexity index is 407. The van der Waals surface area contributed by atoms with E-state index in [1.165, 1.54) is 4.90 Å². The van der Waals surface area contributed by atoms with Crippen LogP contribution in [-0.4, -0.2) is 23.0 Å². The summed E-state index contributed by atoms with van der Waals surface area (Å²) < 4.78 is 0. The Labute approximate surface area is 94.5 Å². The first-order chi connectivity index (χ1) is 7.36. The minimum Gasteiger partial charge on any atom is -0.465 e. The van der Waals surface area contributed by atoms with Gasteiger partial charge in [0.25, 0.3) is 0 Å². The molecular weight excluding hydrogens is 206 g/mol. The molecule has 0 heterocycles. The molecule has 0 aliphatic rings. The molecule has 0 unspecified atom stereocenters. The predicted octanol–water partition coefficient (Wildman–Crippen LogP) is 2.78. The molecule has 0 saturated carbocycles. The molecule has 1 aromatic carbocycles. The second-order valence-electron chi connectivity index (χ2n) is 4.50. The van der Waals surface area contributed by atoms with E-state index in [9.17, 15) is 9.59 Å². The lowest BCUT2D eigenvalue weighted by molar-refractivity contribution is 0.112. The van der Waals surface area contributed by atoms with Crippen LogP contribution in [0.25, 0.3) is 0 Å². The number of carbonyl (C=O) groups is 2. The van der Waals surface area contributed by atoms with E-state index in [0.29, 0.717) is 17.5 Å². The third kappa shape index (κ3) is 2.59. The first-order valence-corrected chi connectivity index (χ1v) is 4.94. The molecule has 1 N–H and O–H groups in total. The fourth-order valence-corrected chi connectivity index (χ4v) is 1.52. The summed E-state index contributed by atoms with van der Waals surface area (Å²) in [6, 6.07) is 6.54. The largest absolute Gasteiger partial charge is 0.465 e. The second kappa shape index (κ2) is 4.35. The molecule has 1 aromatic rings. The minimum atomic E-state index is -1.03. The van der Waals surface area contributed by atoms with Gasteiger partial charge in [-0.05, 0) is 32.9 Å². The second-order valence-corrected chi connectivity index (χ2v) is 4.50. The maximum absolute atomic E-state index is 11.2. The molecule has 0 saturated heterocycles. The number of amides is 1. The van der Waals surface area contributed by atoms with Gasteiger partial charge in [-0.15, -0.1) is 0 Å². The topological polar surface area (TPSA) is 57.6 Å². The summed E-state index contributed by atoms with van der Waals surface area (Å²) in [4.78, 5) is 23.1. The number of rotatable bonds is 2. The monoisotopic (exact) mass is 221 g/mol. The highest BCUT2D eigenvalue weighted by Crippen LogP contribution is 2.24. The highest BCUT2D eigenvalue weighted by atomic mass is 16.4. The molecular formula is C12H15NO3. The van der Waals surface area contributed by atoms with E-state index in [1.54, 1.807) is 45.0 Å². The van der Waals surface area contributed by atoms with Gasteiger partial charge in [0, 0.05) is 16.8 Å². The van der Waals surface area contributed by atoms with Crippen molar-refractivity contribution < 1.29 is 14.7 Å². The van der Waals surface area contributed by atoms with E-state index >= 15 is 0 Å². The third-order valence-corrected chi connectivity index (χ3v) is 2.13. The molecule has 0 radical (unpaired) electrons. The number of hydrogen-bond donors (Lipinski definition) is 1. The van der Waals surface area contributed by atoms with Gasteiger partial charge in [0.1, 0.15) is 6.29 Å². The van der Waals surface area contributed by atoms with Crippen LogP contribution in [0.5, 0.6) is 0 Å². The first kappa shape index (κ1) is 12.2. The van der Waals surface area contributed by atoms with E-state index in [4.69, 9.17) is 5.11 Å². The lowest BCUT2D eigenvalue weighted by Crippen LogP contribution is -2.45. The normalized spacial score (nSPS) is 10.9. The van der Waals surface area contributed by atoms with Crippen molar-refractivity contribution in [2.24, 2.45) is 0 Å². The van der Waals surface area contributed by atoms with Gasteiger partial charge >= 0.3 is 6.09 Å². The summed E-state index contributed by atoms with van der Waals surface area (Å²) in [5.41, 5.74) is 0.422. The molecule has 0 bridgehead atoms. The van der Waals surface area contributed by atoms with Gasteiger partial charge < -0.3 is 5.11 Å². The Hall–Kier alpha value is -1.84. The van der Waals surface area contributed by atoms with Gasteiger partial charge in [-0.1, -0.05) is 12.1 Å². The van der Waals surface area contributed by atoms with Crippen molar-refractivity contribution in [3.63, 3.8) is 0 Å². The van der Waals surface area contributed by atoms with Crippen LogP contribution in [0, 0.1) is 0 Å². The fraction of sp³-hybridized carbons (Fsp3) is 0.333. The van der Waals surface area contributed by atoms with Gasteiger partial charge in [-0.2, -0.15) is 0 Å². The Balaban J connectivity index is 3.21. The molecule has 0 spiro atoms. The molecule has 4 heteroatoms. The van der Waals surface area contributed by atoms with Gasteiger partial charge in [0.05, 0.1) is 0 Å². The summed E-state index contributed by atoms with van der Waals surface area (Å²) in [6.07, 6.45) is -0.331. The Morgan fingerprint density at radius 2 is 2.00 bits per heavy atom. The molecule has 1 rings (SSSR count). The summed E-state index contributed by atoms with van der Waals surface area (Å²) in [5, 5.41) is 9.16. The van der Waals surface area contributed by atoms with Crippen molar-refractivity contribution >= 4 is 18.1 Å². The Morgan fingerprint density at radius 3 is 2.44 bits per heavy atom. The zero-order valence-electron chi connectivity index (χ0n) is 9.60. The SMILES string of the molecule is CC(C)(C)N(C(=O)O)c1cccc(C=O)c1. The third-order valence-electron chi connectivity index (χ3n) is 2.13. The summed E-state index contributed by atoms with van der Waals surface area (Å²) >= 11 is 0. The Morgan fingerprint density at radius 1 is 1.38 bits per heavy atom. The summed E-state index contributed by atoms with van der Waals surface area (Å²) in [7, 11) is 0. The van der Waals surface area contributed by atoms with E-state index in [0.717, 1.165) is 0 Å². The van der Waals surface area contributed by atoms with E-state index < -0.39 is 11.6 Å². The fourth-order valence-electron chi connectivity index (χ4n) is 1.52. The molecule has 0 aliphatic heterocycles. The number of anilines is 1. The van der Waals surface area contributed by atoms with Crippen LogP contribution in [0.15, 0.2) is 24.3 Å². The number of nitrogens with zero attached hydrogens (tertiary/aromatic N) is 1. The standard InChI is InChI=1S/C12H15NO3/c1-12(2,3)13(11(15)16)10-6-4-5-9(7-10)8-14/h4-8H,1-3H3,(H,15,16). The van der Waals surface area contributed by atoms with Gasteiger partial charge in [0.2, 0.25) is 0 Å². The molecule has 0 aliphatic carbocycles. The highest BCUT2D eigenvalue weighted by Gasteiger charge is 2.27. The van der Waals surface area contributed by atoms with Crippen LogP contribution >= 0.6 is 0 Å². The molecule has 1 amide bonds. The van der Waals surface area contributed by atoms with Gasteiger partial charge in [0.15, 0.2) is 0 Å². The number of carboxylic acid groups (broad SMARTS) is 1. The number of carbonyl (C=O) groups excluding carboxylic acids is 1. The average Bonchev–Trinajstić information content (AvgIpc) is 2.15. The van der Waals surface area contributed by atoms with E-state index in [2.05, 4.69) is 0 Å². The van der Waals surface area contributed by atoms with Crippen LogP contribution in [-0.2, 0) is 0 Å². The van der Waals surface area contributed by atoms with Crippen molar-refractivity contribution in [2.75, 3.05) is 4.90 Å². The maximum Gasteiger partial charge on any atom is 0.412 e. The highest BCUT2D eigenvalue weighted by molar-refractivity contribution is 5.89. The smallest absolute Gasteiger partial charge is 0.412 e. The van der Waals surface area contributed by atoms with Crippen LogP contribution in [0.4, 0.5) is 10.5 Å². The zero-order valence-corrected chi connectivity index (χ0v) is 9.60. The zero-order chi connectivity index (χ0) is 12.3. The number of aldehydes is 1. The Kier molecular flexibility index (Phi) is 3.32.